The molecule has 2 heterocycles. The molecule has 24 heavy (non-hydrogen) atoms. The van der Waals surface area contributed by atoms with E-state index in [1.165, 1.54) is 24.1 Å². The lowest BCUT2D eigenvalue weighted by Crippen LogP contribution is -2.23. The van der Waals surface area contributed by atoms with Crippen molar-refractivity contribution in [1.82, 2.24) is 9.88 Å². The van der Waals surface area contributed by atoms with Gasteiger partial charge in [-0.25, -0.2) is 0 Å². The first kappa shape index (κ1) is 16.8. The number of ether oxygens (including phenoxy) is 1. The largest absolute Gasteiger partial charge is 0.492 e. The van der Waals surface area contributed by atoms with Gasteiger partial charge in [0.25, 0.3) is 0 Å². The van der Waals surface area contributed by atoms with Crippen LogP contribution in [0.5, 0.6) is 5.75 Å². The predicted molar refractivity (Wildman–Crippen MR) is 98.6 cm³/mol. The number of nitrogens with zero attached hydrogens (tertiary/aromatic N) is 3. The molecule has 0 bridgehead atoms. The van der Waals surface area contributed by atoms with Crippen molar-refractivity contribution >= 4 is 5.69 Å². The summed E-state index contributed by atoms with van der Waals surface area (Å²) >= 11 is 0. The fraction of sp³-hybridized carbons (Fsp3) is 0.450. The molecule has 4 nitrogen and oxygen atoms in total. The van der Waals surface area contributed by atoms with Gasteiger partial charge in [0, 0.05) is 32.4 Å². The van der Waals surface area contributed by atoms with Gasteiger partial charge in [-0.05, 0) is 56.1 Å². The number of hydrogen-bond acceptors (Lipinski definition) is 4. The van der Waals surface area contributed by atoms with E-state index in [0.717, 1.165) is 24.5 Å². The Balaban J connectivity index is 1.72. The summed E-state index contributed by atoms with van der Waals surface area (Å²) in [6.45, 7) is 4.69. The quantitative estimate of drug-likeness (QED) is 0.806. The van der Waals surface area contributed by atoms with Crippen molar-refractivity contribution in [2.75, 3.05) is 32.1 Å². The molecular weight excluding hydrogens is 298 g/mol. The second-order valence-electron chi connectivity index (χ2n) is 6.54. The molecule has 3 rings (SSSR count). The van der Waals surface area contributed by atoms with Crippen molar-refractivity contribution in [2.24, 2.45) is 0 Å². The first-order valence-corrected chi connectivity index (χ1v) is 8.76. The van der Waals surface area contributed by atoms with E-state index in [1.807, 2.05) is 19.2 Å². The van der Waals surface area contributed by atoms with Crippen LogP contribution in [0.4, 0.5) is 5.69 Å². The average molecular weight is 325 g/mol. The number of benzene rings is 1. The first-order valence-electron chi connectivity index (χ1n) is 8.76. The molecule has 0 spiro atoms. The molecule has 0 aliphatic carbocycles. The third-order valence-corrected chi connectivity index (χ3v) is 4.61. The number of likely N-dealkylation sites (tertiary alicyclic amines) is 1. The van der Waals surface area contributed by atoms with Crippen LogP contribution < -0.4 is 9.64 Å². The summed E-state index contributed by atoms with van der Waals surface area (Å²) in [6.07, 6.45) is 4.29. The van der Waals surface area contributed by atoms with E-state index in [0.29, 0.717) is 12.6 Å². The highest BCUT2D eigenvalue weighted by atomic mass is 16.5. The van der Waals surface area contributed by atoms with E-state index >= 15 is 0 Å². The number of hydrogen-bond donors (Lipinski definition) is 0. The van der Waals surface area contributed by atoms with Gasteiger partial charge in [-0.2, -0.15) is 0 Å². The molecule has 0 N–H and O–H groups in total. The zero-order chi connectivity index (χ0) is 16.9. The Bertz CT molecular complexity index is 654. The van der Waals surface area contributed by atoms with Crippen LogP contribution >= 0.6 is 0 Å². The van der Waals surface area contributed by atoms with E-state index in [4.69, 9.17) is 4.74 Å². The molecule has 1 aromatic carbocycles. The van der Waals surface area contributed by atoms with E-state index in [1.54, 1.807) is 0 Å². The van der Waals surface area contributed by atoms with Crippen LogP contribution in [-0.4, -0.2) is 37.1 Å². The molecule has 1 fully saturated rings. The monoisotopic (exact) mass is 325 g/mol. The van der Waals surface area contributed by atoms with Crippen molar-refractivity contribution < 1.29 is 4.74 Å². The molecule has 1 aliphatic heterocycles. The molecule has 1 atom stereocenters. The highest BCUT2D eigenvalue weighted by molar-refractivity contribution is 5.48. The molecule has 0 saturated carbocycles. The molecule has 1 aromatic heterocycles. The number of anilines is 1. The van der Waals surface area contributed by atoms with E-state index in [-0.39, 0.29) is 0 Å². The summed E-state index contributed by atoms with van der Waals surface area (Å²) in [5, 5.41) is 0. The third-order valence-electron chi connectivity index (χ3n) is 4.61. The predicted octanol–water partition coefficient (Wildman–Crippen LogP) is 3.88. The second-order valence-corrected chi connectivity index (χ2v) is 6.54. The van der Waals surface area contributed by atoms with Gasteiger partial charge in [0.1, 0.15) is 5.75 Å². The molecule has 1 aliphatic rings. The van der Waals surface area contributed by atoms with Crippen LogP contribution in [0.25, 0.3) is 0 Å². The lowest BCUT2D eigenvalue weighted by atomic mass is 10.0. The molecule has 4 heteroatoms. The number of rotatable bonds is 6. The number of aromatic nitrogens is 1. The second kappa shape index (κ2) is 7.67. The molecule has 1 saturated heterocycles. The zero-order valence-electron chi connectivity index (χ0n) is 14.9. The van der Waals surface area contributed by atoms with Crippen molar-refractivity contribution in [3.63, 3.8) is 0 Å². The van der Waals surface area contributed by atoms with Crippen LogP contribution in [0, 0.1) is 0 Å². The SMILES string of the molecule is CCOc1ccc(CN2CCC[C@H]2c2cccc(N(C)C)c2)nc1. The van der Waals surface area contributed by atoms with Crippen molar-refractivity contribution in [3.05, 3.63) is 53.9 Å². The first-order chi connectivity index (χ1) is 11.7. The van der Waals surface area contributed by atoms with Gasteiger partial charge in [-0.3, -0.25) is 9.88 Å². The van der Waals surface area contributed by atoms with Crippen LogP contribution in [-0.2, 0) is 6.54 Å². The van der Waals surface area contributed by atoms with E-state index in [2.05, 4.69) is 59.2 Å². The van der Waals surface area contributed by atoms with Gasteiger partial charge in [0.15, 0.2) is 0 Å². The van der Waals surface area contributed by atoms with E-state index < -0.39 is 0 Å². The van der Waals surface area contributed by atoms with E-state index in [9.17, 15) is 0 Å². The Hall–Kier alpha value is -2.07. The molecule has 0 amide bonds. The summed E-state index contributed by atoms with van der Waals surface area (Å²) in [7, 11) is 4.19. The Kier molecular flexibility index (Phi) is 5.36. The van der Waals surface area contributed by atoms with Gasteiger partial charge in [0.2, 0.25) is 0 Å². The van der Waals surface area contributed by atoms with Crippen molar-refractivity contribution in [3.8, 4) is 5.75 Å². The standard InChI is InChI=1S/C20H27N3O/c1-4-24-19-11-10-17(21-14-19)15-23-12-6-9-20(23)16-7-5-8-18(13-16)22(2)3/h5,7-8,10-11,13-14,20H,4,6,9,12,15H2,1-3H3/t20-/m0/s1. The van der Waals surface area contributed by atoms with Crippen molar-refractivity contribution in [1.29, 1.82) is 0 Å². The molecular formula is C20H27N3O. The normalized spacial score (nSPS) is 17.9. The zero-order valence-corrected chi connectivity index (χ0v) is 14.9. The van der Waals surface area contributed by atoms with Gasteiger partial charge in [-0.1, -0.05) is 12.1 Å². The summed E-state index contributed by atoms with van der Waals surface area (Å²) in [5.74, 6) is 0.845. The molecule has 2 aromatic rings. The maximum absolute atomic E-state index is 5.48. The van der Waals surface area contributed by atoms with Crippen LogP contribution in [0.3, 0.4) is 0 Å². The average Bonchev–Trinajstić information content (AvgIpc) is 3.05. The van der Waals surface area contributed by atoms with Crippen molar-refractivity contribution in [2.45, 2.75) is 32.4 Å². The highest BCUT2D eigenvalue weighted by Crippen LogP contribution is 2.34. The van der Waals surface area contributed by atoms with Crippen LogP contribution in [0.1, 0.15) is 37.1 Å². The fourth-order valence-electron chi connectivity index (χ4n) is 3.37. The third kappa shape index (κ3) is 3.88. The molecule has 128 valence electrons. The number of pyridine rings is 1. The minimum Gasteiger partial charge on any atom is -0.492 e. The molecule has 0 radical (unpaired) electrons. The minimum absolute atomic E-state index is 0.485. The minimum atomic E-state index is 0.485. The topological polar surface area (TPSA) is 28.6 Å². The highest BCUT2D eigenvalue weighted by Gasteiger charge is 2.26. The Labute approximate surface area is 145 Å². The fourth-order valence-corrected chi connectivity index (χ4v) is 3.37. The molecule has 0 unspecified atom stereocenters. The lowest BCUT2D eigenvalue weighted by molar-refractivity contribution is 0.245. The van der Waals surface area contributed by atoms with Gasteiger partial charge < -0.3 is 9.64 Å². The smallest absolute Gasteiger partial charge is 0.137 e. The Morgan fingerprint density at radius 3 is 2.83 bits per heavy atom. The van der Waals surface area contributed by atoms with Gasteiger partial charge in [0.05, 0.1) is 18.5 Å². The van der Waals surface area contributed by atoms with Crippen LogP contribution in [0.15, 0.2) is 42.6 Å². The summed E-state index contributed by atoms with van der Waals surface area (Å²) in [4.78, 5) is 9.26. The van der Waals surface area contributed by atoms with Gasteiger partial charge in [-0.15, -0.1) is 0 Å². The summed E-state index contributed by atoms with van der Waals surface area (Å²) in [6, 6.07) is 13.5. The van der Waals surface area contributed by atoms with Crippen LogP contribution in [0.2, 0.25) is 0 Å². The van der Waals surface area contributed by atoms with Gasteiger partial charge >= 0.3 is 0 Å². The summed E-state index contributed by atoms with van der Waals surface area (Å²) < 4.78 is 5.48. The Morgan fingerprint density at radius 2 is 2.12 bits per heavy atom. The maximum atomic E-state index is 5.48. The maximum Gasteiger partial charge on any atom is 0.137 e. The summed E-state index contributed by atoms with van der Waals surface area (Å²) in [5.41, 5.74) is 3.78. The lowest BCUT2D eigenvalue weighted by Gasteiger charge is -2.25. The Morgan fingerprint density at radius 1 is 1.25 bits per heavy atom.